The zero-order valence-electron chi connectivity index (χ0n) is 11.2. The Bertz CT molecular complexity index is 710. The molecule has 2 aromatic carbocycles. The Labute approximate surface area is 121 Å². The Balaban J connectivity index is 1.92. The van der Waals surface area contributed by atoms with E-state index in [0.29, 0.717) is 5.69 Å². The summed E-state index contributed by atoms with van der Waals surface area (Å²) in [6.45, 7) is -0.0732. The van der Waals surface area contributed by atoms with Crippen LogP contribution < -0.4 is 0 Å². The van der Waals surface area contributed by atoms with Gasteiger partial charge in [0.1, 0.15) is 17.6 Å². The highest BCUT2D eigenvalue weighted by molar-refractivity contribution is 5.57. The van der Waals surface area contributed by atoms with Crippen molar-refractivity contribution in [1.82, 2.24) is 15.0 Å². The summed E-state index contributed by atoms with van der Waals surface area (Å²) >= 11 is 0. The van der Waals surface area contributed by atoms with Crippen molar-refractivity contribution in [3.8, 4) is 11.3 Å². The quantitative estimate of drug-likeness (QED) is 0.801. The summed E-state index contributed by atoms with van der Waals surface area (Å²) in [5, 5.41) is 17.8. The van der Waals surface area contributed by atoms with Crippen LogP contribution in [0.25, 0.3) is 11.3 Å². The van der Waals surface area contributed by atoms with Crippen molar-refractivity contribution in [2.75, 3.05) is 6.61 Å². The largest absolute Gasteiger partial charge is 0.394 e. The van der Waals surface area contributed by atoms with Crippen LogP contribution in [0.3, 0.4) is 0 Å². The first-order chi connectivity index (χ1) is 10.3. The molecule has 0 radical (unpaired) electrons. The van der Waals surface area contributed by atoms with E-state index in [4.69, 9.17) is 0 Å². The van der Waals surface area contributed by atoms with Gasteiger partial charge in [-0.15, -0.1) is 5.10 Å². The summed E-state index contributed by atoms with van der Waals surface area (Å²) in [6.07, 6.45) is 1.75. The molecular formula is C16H14FN3O. The highest BCUT2D eigenvalue weighted by Gasteiger charge is 2.15. The van der Waals surface area contributed by atoms with Crippen LogP contribution in [-0.4, -0.2) is 26.7 Å². The van der Waals surface area contributed by atoms with Crippen LogP contribution in [0.5, 0.6) is 0 Å². The molecule has 0 spiro atoms. The molecule has 1 atom stereocenters. The van der Waals surface area contributed by atoms with Gasteiger partial charge in [0.15, 0.2) is 0 Å². The lowest BCUT2D eigenvalue weighted by Gasteiger charge is -2.13. The highest BCUT2D eigenvalue weighted by Crippen LogP contribution is 2.21. The van der Waals surface area contributed by atoms with Gasteiger partial charge < -0.3 is 5.11 Å². The monoisotopic (exact) mass is 283 g/mol. The fourth-order valence-corrected chi connectivity index (χ4v) is 2.20. The van der Waals surface area contributed by atoms with Crippen molar-refractivity contribution in [2.24, 2.45) is 0 Å². The lowest BCUT2D eigenvalue weighted by Crippen LogP contribution is -2.15. The lowest BCUT2D eigenvalue weighted by molar-refractivity contribution is 0.239. The Kier molecular flexibility index (Phi) is 3.75. The molecule has 5 heteroatoms. The van der Waals surface area contributed by atoms with Gasteiger partial charge in [-0.2, -0.15) is 0 Å². The molecule has 0 aliphatic rings. The van der Waals surface area contributed by atoms with Crippen LogP contribution in [0.4, 0.5) is 4.39 Å². The van der Waals surface area contributed by atoms with Gasteiger partial charge in [-0.05, 0) is 29.8 Å². The zero-order valence-corrected chi connectivity index (χ0v) is 11.2. The van der Waals surface area contributed by atoms with Crippen molar-refractivity contribution >= 4 is 0 Å². The minimum absolute atomic E-state index is 0.0732. The summed E-state index contributed by atoms with van der Waals surface area (Å²) < 4.78 is 14.6. The zero-order chi connectivity index (χ0) is 14.7. The molecule has 0 aliphatic carbocycles. The molecule has 1 heterocycles. The standard InChI is InChI=1S/C16H14FN3O/c17-14-8-6-12(7-9-14)15-10-20(19-18-15)16(11-21)13-4-2-1-3-5-13/h1-10,16,21H,11H2/t16-/m1/s1. The maximum atomic E-state index is 12.9. The second kappa shape index (κ2) is 5.85. The lowest BCUT2D eigenvalue weighted by atomic mass is 10.1. The minimum Gasteiger partial charge on any atom is -0.394 e. The van der Waals surface area contributed by atoms with Crippen molar-refractivity contribution < 1.29 is 9.50 Å². The maximum absolute atomic E-state index is 12.9. The number of halogens is 1. The summed E-state index contributed by atoms with van der Waals surface area (Å²) in [5.74, 6) is -0.288. The van der Waals surface area contributed by atoms with E-state index in [-0.39, 0.29) is 18.5 Å². The molecule has 3 aromatic rings. The number of aromatic nitrogens is 3. The molecule has 0 bridgehead atoms. The second-order valence-electron chi connectivity index (χ2n) is 4.70. The average molecular weight is 283 g/mol. The van der Waals surface area contributed by atoms with Gasteiger partial charge in [0, 0.05) is 5.56 Å². The van der Waals surface area contributed by atoms with E-state index in [1.165, 1.54) is 12.1 Å². The number of hydrogen-bond acceptors (Lipinski definition) is 3. The van der Waals surface area contributed by atoms with Crippen LogP contribution in [-0.2, 0) is 0 Å². The first-order valence-corrected chi connectivity index (χ1v) is 6.61. The van der Waals surface area contributed by atoms with Gasteiger partial charge in [-0.3, -0.25) is 0 Å². The molecule has 0 unspecified atom stereocenters. The maximum Gasteiger partial charge on any atom is 0.123 e. The van der Waals surface area contributed by atoms with Crippen LogP contribution in [0.2, 0.25) is 0 Å². The third kappa shape index (κ3) is 2.83. The van der Waals surface area contributed by atoms with Gasteiger partial charge in [0.25, 0.3) is 0 Å². The fourth-order valence-electron chi connectivity index (χ4n) is 2.20. The van der Waals surface area contributed by atoms with E-state index < -0.39 is 0 Å². The SMILES string of the molecule is OC[C@H](c1ccccc1)n1cc(-c2ccc(F)cc2)nn1. The molecule has 1 N–H and O–H groups in total. The number of rotatable bonds is 4. The van der Waals surface area contributed by atoms with Crippen molar-refractivity contribution in [1.29, 1.82) is 0 Å². The Morgan fingerprint density at radius 2 is 1.76 bits per heavy atom. The van der Waals surface area contributed by atoms with E-state index in [1.54, 1.807) is 23.0 Å². The number of aliphatic hydroxyl groups excluding tert-OH is 1. The molecule has 0 fully saturated rings. The molecule has 21 heavy (non-hydrogen) atoms. The molecule has 4 nitrogen and oxygen atoms in total. The van der Waals surface area contributed by atoms with Crippen LogP contribution in [0.1, 0.15) is 11.6 Å². The molecule has 0 saturated carbocycles. The first-order valence-electron chi connectivity index (χ1n) is 6.61. The molecular weight excluding hydrogens is 269 g/mol. The number of hydrogen-bond donors (Lipinski definition) is 1. The molecule has 106 valence electrons. The predicted molar refractivity (Wildman–Crippen MR) is 77.1 cm³/mol. The number of nitrogens with zero attached hydrogens (tertiary/aromatic N) is 3. The first kappa shape index (κ1) is 13.5. The summed E-state index contributed by atoms with van der Waals surface area (Å²) in [6, 6.07) is 15.4. The fraction of sp³-hybridized carbons (Fsp3) is 0.125. The van der Waals surface area contributed by atoms with Gasteiger partial charge >= 0.3 is 0 Å². The second-order valence-corrected chi connectivity index (χ2v) is 4.70. The predicted octanol–water partition coefficient (Wildman–Crippen LogP) is 2.67. The Morgan fingerprint density at radius 1 is 1.05 bits per heavy atom. The van der Waals surface area contributed by atoms with Crippen LogP contribution in [0, 0.1) is 5.82 Å². The number of aliphatic hydroxyl groups is 1. The van der Waals surface area contributed by atoms with Gasteiger partial charge in [-0.25, -0.2) is 9.07 Å². The normalized spacial score (nSPS) is 12.3. The van der Waals surface area contributed by atoms with Gasteiger partial charge in [0.05, 0.1) is 12.8 Å². The molecule has 0 aliphatic heterocycles. The summed E-state index contributed by atoms with van der Waals surface area (Å²) in [7, 11) is 0. The molecule has 1 aromatic heterocycles. The molecule has 0 amide bonds. The molecule has 3 rings (SSSR count). The molecule has 0 saturated heterocycles. The Hall–Kier alpha value is -2.53. The minimum atomic E-state index is -0.288. The van der Waals surface area contributed by atoms with Crippen LogP contribution in [0.15, 0.2) is 60.8 Å². The third-order valence-electron chi connectivity index (χ3n) is 3.33. The Morgan fingerprint density at radius 3 is 2.43 bits per heavy atom. The van der Waals surface area contributed by atoms with Crippen molar-refractivity contribution in [3.05, 3.63) is 72.2 Å². The smallest absolute Gasteiger partial charge is 0.123 e. The highest BCUT2D eigenvalue weighted by atomic mass is 19.1. The summed E-state index contributed by atoms with van der Waals surface area (Å²) in [5.41, 5.74) is 2.38. The van der Waals surface area contributed by atoms with E-state index in [2.05, 4.69) is 10.3 Å². The van der Waals surface area contributed by atoms with E-state index in [1.807, 2.05) is 30.3 Å². The third-order valence-corrected chi connectivity index (χ3v) is 3.33. The van der Waals surface area contributed by atoms with Crippen LogP contribution >= 0.6 is 0 Å². The number of benzene rings is 2. The van der Waals surface area contributed by atoms with E-state index >= 15 is 0 Å². The van der Waals surface area contributed by atoms with E-state index in [9.17, 15) is 9.50 Å². The van der Waals surface area contributed by atoms with Crippen molar-refractivity contribution in [2.45, 2.75) is 6.04 Å². The van der Waals surface area contributed by atoms with E-state index in [0.717, 1.165) is 11.1 Å². The topological polar surface area (TPSA) is 50.9 Å². The van der Waals surface area contributed by atoms with Gasteiger partial charge in [0.2, 0.25) is 0 Å². The van der Waals surface area contributed by atoms with Crippen molar-refractivity contribution in [3.63, 3.8) is 0 Å². The summed E-state index contributed by atoms with van der Waals surface area (Å²) in [4.78, 5) is 0. The average Bonchev–Trinajstić information content (AvgIpc) is 2.99. The van der Waals surface area contributed by atoms with Gasteiger partial charge in [-0.1, -0.05) is 35.5 Å².